The Morgan fingerprint density at radius 2 is 0.660 bits per heavy atom. The fourth-order valence-electron chi connectivity index (χ4n) is 6.17. The maximum Gasteiger partial charge on any atom is 2.00 e. The van der Waals surface area contributed by atoms with Gasteiger partial charge in [-0.15, -0.1) is 0 Å². The van der Waals surface area contributed by atoms with E-state index in [-0.39, 0.29) is 62.8 Å². The Bertz CT molecular complexity index is 923. The van der Waals surface area contributed by atoms with Crippen molar-refractivity contribution in [2.45, 2.75) is 220 Å². The predicted octanol–water partition coefficient (Wildman–Crippen LogP) is 12.7. The predicted molar refractivity (Wildman–Crippen MR) is 224 cm³/mol. The molecule has 0 heterocycles. The molecule has 0 amide bonds. The standard InChI is InChI=1S/2C21H42O4S.Ca/c2*1-3-5-7-9-10-11-12-13-14-15-17-19-21(18-16-8-6-4-2)20-25-26(22,23)24;/h2*16,18,21H,3-15,17,19-20H2,1-2H3,(H,22,23,24);/q;;+2/p-2/b2*18-16+;. The molecule has 0 rings (SSSR count). The molecule has 312 valence electrons. The minimum absolute atomic E-state index is 0. The van der Waals surface area contributed by atoms with Gasteiger partial charge in [-0.2, -0.15) is 0 Å². The van der Waals surface area contributed by atoms with Crippen LogP contribution in [0.4, 0.5) is 0 Å². The molecule has 2 unspecified atom stereocenters. The molecule has 0 saturated carbocycles. The first-order valence-electron chi connectivity index (χ1n) is 21.5. The molecule has 0 N–H and O–H groups in total. The summed E-state index contributed by atoms with van der Waals surface area (Å²) in [6.07, 6.45) is 45.0. The number of hydrogen-bond donors (Lipinski definition) is 0. The normalized spacial score (nSPS) is 13.2. The molecule has 0 aliphatic heterocycles. The van der Waals surface area contributed by atoms with Crippen molar-refractivity contribution in [2.75, 3.05) is 13.2 Å². The third kappa shape index (κ3) is 52.5. The Hall–Kier alpha value is 0.480. The average molecular weight is 819 g/mol. The van der Waals surface area contributed by atoms with Crippen LogP contribution in [0.3, 0.4) is 0 Å². The van der Waals surface area contributed by atoms with Crippen molar-refractivity contribution in [3.8, 4) is 0 Å². The van der Waals surface area contributed by atoms with Gasteiger partial charge in [0.15, 0.2) is 0 Å². The summed E-state index contributed by atoms with van der Waals surface area (Å²) >= 11 is 0. The van der Waals surface area contributed by atoms with Gasteiger partial charge in [0.05, 0.1) is 13.2 Å². The van der Waals surface area contributed by atoms with Gasteiger partial charge in [-0.3, -0.25) is 8.37 Å². The number of hydrogen-bond acceptors (Lipinski definition) is 8. The first-order chi connectivity index (χ1) is 25.0. The van der Waals surface area contributed by atoms with E-state index < -0.39 is 20.8 Å². The van der Waals surface area contributed by atoms with Crippen LogP contribution in [0.5, 0.6) is 0 Å². The fourth-order valence-corrected chi connectivity index (χ4v) is 6.86. The smallest absolute Gasteiger partial charge is 0.726 e. The summed E-state index contributed by atoms with van der Waals surface area (Å²) < 4.78 is 72.9. The van der Waals surface area contributed by atoms with E-state index in [0.717, 1.165) is 64.2 Å². The first kappa shape index (κ1) is 57.8. The SMILES string of the molecule is CCCC/C=C/C(CCCCCCCCCCCCC)COS(=O)(=O)[O-].CCCC/C=C/C(CCCCCCCCCCCCC)COS(=O)(=O)[O-].[Ca+2]. The number of unbranched alkanes of at least 4 members (excludes halogenated alkanes) is 24. The minimum atomic E-state index is -4.59. The van der Waals surface area contributed by atoms with Crippen molar-refractivity contribution in [3.63, 3.8) is 0 Å². The zero-order chi connectivity index (χ0) is 39.0. The van der Waals surface area contributed by atoms with Gasteiger partial charge in [0.25, 0.3) is 0 Å². The molecule has 0 fully saturated rings. The van der Waals surface area contributed by atoms with Crippen molar-refractivity contribution in [2.24, 2.45) is 11.8 Å². The molecular weight excluding hydrogens is 737 g/mol. The number of rotatable bonds is 38. The van der Waals surface area contributed by atoms with Crippen molar-refractivity contribution >= 4 is 58.5 Å². The van der Waals surface area contributed by atoms with E-state index in [1.54, 1.807) is 0 Å². The van der Waals surface area contributed by atoms with Crippen LogP contribution < -0.4 is 0 Å². The van der Waals surface area contributed by atoms with E-state index in [1.807, 2.05) is 12.2 Å². The van der Waals surface area contributed by atoms with Gasteiger partial charge in [-0.25, -0.2) is 16.8 Å². The molecule has 0 aliphatic rings. The first-order valence-corrected chi connectivity index (χ1v) is 24.2. The molecule has 11 heteroatoms. The molecule has 53 heavy (non-hydrogen) atoms. The second-order valence-corrected chi connectivity index (χ2v) is 16.8. The molecule has 0 saturated heterocycles. The van der Waals surface area contributed by atoms with E-state index in [9.17, 15) is 25.9 Å². The van der Waals surface area contributed by atoms with Gasteiger partial charge >= 0.3 is 37.7 Å². The van der Waals surface area contributed by atoms with Crippen LogP contribution in [0.15, 0.2) is 24.3 Å². The third-order valence-electron chi connectivity index (χ3n) is 9.48. The van der Waals surface area contributed by atoms with Gasteiger partial charge in [0.2, 0.25) is 20.8 Å². The summed E-state index contributed by atoms with van der Waals surface area (Å²) in [7, 11) is -9.19. The molecule has 0 spiro atoms. The maximum absolute atomic E-state index is 10.7. The summed E-state index contributed by atoms with van der Waals surface area (Å²) in [4.78, 5) is 0. The van der Waals surface area contributed by atoms with Gasteiger partial charge in [0, 0.05) is 11.8 Å². The zero-order valence-corrected chi connectivity index (χ0v) is 38.7. The van der Waals surface area contributed by atoms with E-state index in [0.29, 0.717) is 0 Å². The number of allylic oxidation sites excluding steroid dienone is 2. The van der Waals surface area contributed by atoms with Crippen LogP contribution in [0.2, 0.25) is 0 Å². The fraction of sp³-hybridized carbons (Fsp3) is 0.905. The minimum Gasteiger partial charge on any atom is -0.726 e. The van der Waals surface area contributed by atoms with Gasteiger partial charge in [-0.05, 0) is 25.7 Å². The second-order valence-electron chi connectivity index (χ2n) is 14.7. The van der Waals surface area contributed by atoms with Crippen molar-refractivity contribution in [1.29, 1.82) is 0 Å². The molecule has 0 aromatic carbocycles. The molecule has 0 aliphatic carbocycles. The summed E-state index contributed by atoms with van der Waals surface area (Å²) in [6, 6.07) is 0. The molecule has 8 nitrogen and oxygen atoms in total. The Kier molecular flexibility index (Phi) is 47.5. The largest absolute Gasteiger partial charge is 2.00 e. The summed E-state index contributed by atoms with van der Waals surface area (Å²) in [6.45, 7) is 8.74. The van der Waals surface area contributed by atoms with Gasteiger partial charge < -0.3 is 9.11 Å². The molecule has 0 bridgehead atoms. The Morgan fingerprint density at radius 1 is 0.415 bits per heavy atom. The van der Waals surface area contributed by atoms with Gasteiger partial charge in [-0.1, -0.05) is 219 Å². The summed E-state index contributed by atoms with van der Waals surface area (Å²) in [5.41, 5.74) is 0. The van der Waals surface area contributed by atoms with Crippen LogP contribution in [0, 0.1) is 11.8 Å². The second kappa shape index (κ2) is 43.6. The van der Waals surface area contributed by atoms with Crippen LogP contribution >= 0.6 is 0 Å². The molecule has 0 aromatic heterocycles. The van der Waals surface area contributed by atoms with Crippen LogP contribution in [0.1, 0.15) is 220 Å². The van der Waals surface area contributed by atoms with Crippen LogP contribution in [-0.4, -0.2) is 76.9 Å². The maximum atomic E-state index is 10.7. The Balaban J connectivity index is -0.000000926. The van der Waals surface area contributed by atoms with E-state index >= 15 is 0 Å². The van der Waals surface area contributed by atoms with Crippen LogP contribution in [0.25, 0.3) is 0 Å². The van der Waals surface area contributed by atoms with Gasteiger partial charge in [0.1, 0.15) is 0 Å². The van der Waals surface area contributed by atoms with E-state index in [2.05, 4.69) is 48.2 Å². The molecule has 0 aromatic rings. The van der Waals surface area contributed by atoms with E-state index in [4.69, 9.17) is 0 Å². The van der Waals surface area contributed by atoms with Crippen molar-refractivity contribution in [3.05, 3.63) is 24.3 Å². The van der Waals surface area contributed by atoms with Crippen molar-refractivity contribution < 1.29 is 34.3 Å². The van der Waals surface area contributed by atoms with E-state index in [1.165, 1.54) is 128 Å². The molecule has 2 atom stereocenters. The summed E-state index contributed by atoms with van der Waals surface area (Å²) in [5, 5.41) is 0. The molecule has 0 radical (unpaired) electrons. The Labute approximate surface area is 359 Å². The topological polar surface area (TPSA) is 133 Å². The summed E-state index contributed by atoms with van der Waals surface area (Å²) in [5.74, 6) is 0.0447. The molecular formula is C42H82CaO8S2. The van der Waals surface area contributed by atoms with Crippen molar-refractivity contribution in [1.82, 2.24) is 0 Å². The quantitative estimate of drug-likeness (QED) is 0.0198. The van der Waals surface area contributed by atoms with Crippen LogP contribution in [-0.2, 0) is 29.2 Å². The zero-order valence-electron chi connectivity index (χ0n) is 34.9. The average Bonchev–Trinajstić information content (AvgIpc) is 3.09. The third-order valence-corrected chi connectivity index (χ3v) is 10.3. The monoisotopic (exact) mass is 819 g/mol. The Morgan fingerprint density at radius 3 is 0.906 bits per heavy atom.